The first-order valence-electron chi connectivity index (χ1n) is 7.24. The largest absolute Gasteiger partial charge is 0.490 e. The van der Waals surface area contributed by atoms with Crippen LogP contribution in [0.4, 0.5) is 26.3 Å². The van der Waals surface area contributed by atoms with Gasteiger partial charge in [-0.25, -0.2) is 18.6 Å². The minimum absolute atomic E-state index is 0.268. The molecule has 0 radical (unpaired) electrons. The lowest BCUT2D eigenvalue weighted by Gasteiger charge is -2.16. The van der Waals surface area contributed by atoms with Crippen LogP contribution in [0.1, 0.15) is 23.0 Å². The molecule has 1 aromatic heterocycles. The van der Waals surface area contributed by atoms with Crippen LogP contribution in [0.25, 0.3) is 0 Å². The third-order valence-electron chi connectivity index (χ3n) is 3.17. The second-order valence-electron chi connectivity index (χ2n) is 4.87. The molecule has 0 amide bonds. The third kappa shape index (κ3) is 4.07. The maximum Gasteiger partial charge on any atom is 0.436 e. The van der Waals surface area contributed by atoms with E-state index in [2.05, 4.69) is 14.5 Å². The van der Waals surface area contributed by atoms with Gasteiger partial charge >= 0.3 is 12.1 Å². The second-order valence-corrected chi connectivity index (χ2v) is 4.87. The number of carbonyl (C=O) groups excluding carboxylic acids is 1. The molecule has 0 spiro atoms. The fourth-order valence-corrected chi connectivity index (χ4v) is 2.04. The SMILES string of the molecule is CCOC(=O)c1c(Oc2ccc(F)c(F)c2OC)cnc(C(F)(F)F)c1F. The molecule has 1 aromatic carbocycles. The van der Waals surface area contributed by atoms with Gasteiger partial charge in [0.05, 0.1) is 19.9 Å². The molecule has 0 saturated carbocycles. The van der Waals surface area contributed by atoms with Crippen LogP contribution in [0.15, 0.2) is 18.3 Å². The molecule has 27 heavy (non-hydrogen) atoms. The molecule has 0 bridgehead atoms. The molecule has 0 aliphatic rings. The van der Waals surface area contributed by atoms with Crippen molar-refractivity contribution in [2.24, 2.45) is 0 Å². The Labute approximate surface area is 148 Å². The number of pyridine rings is 1. The first-order chi connectivity index (χ1) is 12.6. The van der Waals surface area contributed by atoms with Crippen LogP contribution < -0.4 is 9.47 Å². The van der Waals surface area contributed by atoms with Crippen molar-refractivity contribution in [3.8, 4) is 17.2 Å². The lowest BCUT2D eigenvalue weighted by molar-refractivity contribution is -0.143. The van der Waals surface area contributed by atoms with Crippen molar-refractivity contribution in [1.82, 2.24) is 4.98 Å². The van der Waals surface area contributed by atoms with E-state index in [1.165, 1.54) is 6.92 Å². The number of hydrogen-bond acceptors (Lipinski definition) is 5. The van der Waals surface area contributed by atoms with E-state index in [-0.39, 0.29) is 6.61 Å². The van der Waals surface area contributed by atoms with Crippen LogP contribution in [0.3, 0.4) is 0 Å². The highest BCUT2D eigenvalue weighted by Gasteiger charge is 2.40. The Kier molecular flexibility index (Phi) is 5.82. The van der Waals surface area contributed by atoms with Crippen molar-refractivity contribution in [2.75, 3.05) is 13.7 Å². The summed E-state index contributed by atoms with van der Waals surface area (Å²) in [6.07, 6.45) is -4.78. The third-order valence-corrected chi connectivity index (χ3v) is 3.17. The van der Waals surface area contributed by atoms with Gasteiger partial charge in [0.15, 0.2) is 28.8 Å². The minimum atomic E-state index is -5.19. The van der Waals surface area contributed by atoms with Gasteiger partial charge in [0.2, 0.25) is 11.6 Å². The number of hydrogen-bond donors (Lipinski definition) is 0. The molecule has 0 aliphatic heterocycles. The van der Waals surface area contributed by atoms with E-state index in [1.54, 1.807) is 0 Å². The number of nitrogens with zero attached hydrogens (tertiary/aromatic N) is 1. The Morgan fingerprint density at radius 3 is 2.33 bits per heavy atom. The smallest absolute Gasteiger partial charge is 0.436 e. The molecular weight excluding hydrogens is 384 g/mol. The Morgan fingerprint density at radius 1 is 1.11 bits per heavy atom. The van der Waals surface area contributed by atoms with Gasteiger partial charge in [0.1, 0.15) is 5.56 Å². The van der Waals surface area contributed by atoms with Gasteiger partial charge in [-0.15, -0.1) is 0 Å². The molecule has 0 fully saturated rings. The van der Waals surface area contributed by atoms with E-state index >= 15 is 0 Å². The lowest BCUT2D eigenvalue weighted by Crippen LogP contribution is -2.17. The number of methoxy groups -OCH3 is 1. The van der Waals surface area contributed by atoms with Gasteiger partial charge in [0, 0.05) is 0 Å². The Morgan fingerprint density at radius 2 is 1.78 bits per heavy atom. The van der Waals surface area contributed by atoms with Crippen molar-refractivity contribution < 1.29 is 45.3 Å². The summed E-state index contributed by atoms with van der Waals surface area (Å²) < 4.78 is 94.1. The van der Waals surface area contributed by atoms with Gasteiger partial charge in [-0.1, -0.05) is 0 Å². The van der Waals surface area contributed by atoms with Crippen LogP contribution in [0, 0.1) is 17.5 Å². The van der Waals surface area contributed by atoms with Crippen molar-refractivity contribution >= 4 is 5.97 Å². The zero-order valence-corrected chi connectivity index (χ0v) is 13.8. The average Bonchev–Trinajstić information content (AvgIpc) is 2.57. The monoisotopic (exact) mass is 395 g/mol. The fourth-order valence-electron chi connectivity index (χ4n) is 2.04. The van der Waals surface area contributed by atoms with Gasteiger partial charge in [-0.2, -0.15) is 17.6 Å². The highest BCUT2D eigenvalue weighted by Crippen LogP contribution is 2.39. The summed E-state index contributed by atoms with van der Waals surface area (Å²) in [4.78, 5) is 14.8. The fraction of sp³-hybridized carbons (Fsp3) is 0.250. The van der Waals surface area contributed by atoms with E-state index in [0.29, 0.717) is 12.3 Å². The Balaban J connectivity index is 2.62. The summed E-state index contributed by atoms with van der Waals surface area (Å²) >= 11 is 0. The van der Waals surface area contributed by atoms with Gasteiger partial charge in [-0.3, -0.25) is 0 Å². The zero-order valence-electron chi connectivity index (χ0n) is 13.8. The molecule has 5 nitrogen and oxygen atoms in total. The lowest BCUT2D eigenvalue weighted by atomic mass is 10.2. The van der Waals surface area contributed by atoms with Gasteiger partial charge in [0.25, 0.3) is 0 Å². The van der Waals surface area contributed by atoms with E-state index in [1.807, 2.05) is 0 Å². The molecule has 146 valence electrons. The molecule has 0 unspecified atom stereocenters. The number of esters is 1. The molecule has 2 rings (SSSR count). The number of carbonyl (C=O) groups is 1. The Hall–Kier alpha value is -2.98. The maximum atomic E-state index is 14.3. The van der Waals surface area contributed by atoms with Crippen LogP contribution in [-0.2, 0) is 10.9 Å². The quantitative estimate of drug-likeness (QED) is 0.551. The standard InChI is InChI=1S/C16H11F6NO4/c1-3-26-15(24)10-9(6-23-14(12(10)19)16(20,21)22)27-8-5-4-7(17)11(18)13(8)25-2/h4-6H,3H2,1-2H3. The number of aromatic nitrogens is 1. The van der Waals surface area contributed by atoms with E-state index in [4.69, 9.17) is 4.74 Å². The molecule has 1 heterocycles. The van der Waals surface area contributed by atoms with E-state index in [0.717, 1.165) is 13.2 Å². The predicted octanol–water partition coefficient (Wildman–Crippen LogP) is 4.50. The number of halogens is 6. The molecule has 0 N–H and O–H groups in total. The summed E-state index contributed by atoms with van der Waals surface area (Å²) in [5.41, 5.74) is -3.17. The number of rotatable bonds is 5. The molecule has 0 atom stereocenters. The number of benzene rings is 1. The minimum Gasteiger partial charge on any atom is -0.490 e. The molecule has 2 aromatic rings. The zero-order chi connectivity index (χ0) is 20.4. The Bertz CT molecular complexity index is 869. The van der Waals surface area contributed by atoms with Crippen LogP contribution in [-0.4, -0.2) is 24.7 Å². The van der Waals surface area contributed by atoms with Gasteiger partial charge < -0.3 is 14.2 Å². The number of ether oxygens (including phenoxy) is 3. The van der Waals surface area contributed by atoms with Crippen molar-refractivity contribution in [3.05, 3.63) is 47.0 Å². The van der Waals surface area contributed by atoms with Crippen LogP contribution in [0.2, 0.25) is 0 Å². The first-order valence-corrected chi connectivity index (χ1v) is 7.24. The highest BCUT2D eigenvalue weighted by molar-refractivity contribution is 5.93. The summed E-state index contributed by atoms with van der Waals surface area (Å²) in [5.74, 6) is -8.30. The van der Waals surface area contributed by atoms with Crippen molar-refractivity contribution in [1.29, 1.82) is 0 Å². The van der Waals surface area contributed by atoms with Crippen LogP contribution >= 0.6 is 0 Å². The van der Waals surface area contributed by atoms with E-state index in [9.17, 15) is 31.1 Å². The summed E-state index contributed by atoms with van der Waals surface area (Å²) in [5, 5.41) is 0. The predicted molar refractivity (Wildman–Crippen MR) is 78.1 cm³/mol. The molecular formula is C16H11F6NO4. The molecule has 11 heteroatoms. The first kappa shape index (κ1) is 20.3. The molecule has 0 saturated heterocycles. The topological polar surface area (TPSA) is 57.7 Å². The van der Waals surface area contributed by atoms with Gasteiger partial charge in [-0.05, 0) is 19.1 Å². The average molecular weight is 395 g/mol. The highest BCUT2D eigenvalue weighted by atomic mass is 19.4. The molecule has 0 aliphatic carbocycles. The summed E-state index contributed by atoms with van der Waals surface area (Å²) in [6, 6.07) is 1.52. The summed E-state index contributed by atoms with van der Waals surface area (Å²) in [6.45, 7) is 1.08. The van der Waals surface area contributed by atoms with Crippen LogP contribution in [0.5, 0.6) is 17.2 Å². The normalized spacial score (nSPS) is 11.3. The second kappa shape index (κ2) is 7.72. The van der Waals surface area contributed by atoms with Crippen molar-refractivity contribution in [3.63, 3.8) is 0 Å². The summed E-state index contributed by atoms with van der Waals surface area (Å²) in [7, 11) is 0.975. The van der Waals surface area contributed by atoms with E-state index < -0.39 is 58.1 Å². The van der Waals surface area contributed by atoms with Crippen molar-refractivity contribution in [2.45, 2.75) is 13.1 Å². The maximum absolute atomic E-state index is 14.3. The number of alkyl halides is 3.